The van der Waals surface area contributed by atoms with Gasteiger partial charge in [-0.3, -0.25) is 4.90 Å². The summed E-state index contributed by atoms with van der Waals surface area (Å²) in [6.45, 7) is 3.81. The molecule has 0 spiro atoms. The summed E-state index contributed by atoms with van der Waals surface area (Å²) in [6.07, 6.45) is -0.262. The molecule has 0 bridgehead atoms. The van der Waals surface area contributed by atoms with E-state index >= 15 is 0 Å². The van der Waals surface area contributed by atoms with Crippen molar-refractivity contribution >= 4 is 12.1 Å². The molecule has 1 N–H and O–H groups in total. The molecule has 0 saturated carbocycles. The first-order chi connectivity index (χ1) is 16.1. The van der Waals surface area contributed by atoms with Crippen molar-refractivity contribution in [1.82, 2.24) is 9.80 Å². The van der Waals surface area contributed by atoms with E-state index < -0.39 is 5.97 Å². The predicted molar refractivity (Wildman–Crippen MR) is 125 cm³/mol. The van der Waals surface area contributed by atoms with Crippen LogP contribution >= 0.6 is 0 Å². The number of hydrogen-bond donors (Lipinski definition) is 1. The van der Waals surface area contributed by atoms with Crippen molar-refractivity contribution in [3.05, 3.63) is 95.1 Å². The summed E-state index contributed by atoms with van der Waals surface area (Å²) in [5.41, 5.74) is 6.22. The molecule has 3 aromatic rings. The number of carbonyl (C=O) groups excluding carboxylic acids is 1. The molecule has 1 amide bonds. The summed E-state index contributed by atoms with van der Waals surface area (Å²) >= 11 is 0. The van der Waals surface area contributed by atoms with E-state index in [1.54, 1.807) is 17.0 Å². The van der Waals surface area contributed by atoms with E-state index in [0.717, 1.165) is 25.2 Å². The van der Waals surface area contributed by atoms with Gasteiger partial charge in [-0.05, 0) is 39.9 Å². The molecule has 1 aliphatic carbocycles. The molecule has 3 aromatic carbocycles. The number of carbonyl (C=O) groups is 2. The van der Waals surface area contributed by atoms with Gasteiger partial charge in [0.15, 0.2) is 0 Å². The average molecular weight is 443 g/mol. The van der Waals surface area contributed by atoms with Crippen LogP contribution in [-0.4, -0.2) is 59.8 Å². The van der Waals surface area contributed by atoms with Gasteiger partial charge in [-0.2, -0.15) is 0 Å². The minimum Gasteiger partial charge on any atom is -0.478 e. The number of fused-ring (bicyclic) bond motifs is 3. The van der Waals surface area contributed by atoms with Gasteiger partial charge in [0.2, 0.25) is 0 Å². The lowest BCUT2D eigenvalue weighted by Gasteiger charge is -2.34. The molecule has 1 saturated heterocycles. The third-order valence-corrected chi connectivity index (χ3v) is 6.57. The van der Waals surface area contributed by atoms with Crippen molar-refractivity contribution in [1.29, 1.82) is 0 Å². The molecular weight excluding hydrogens is 416 g/mol. The van der Waals surface area contributed by atoms with Crippen molar-refractivity contribution in [2.45, 2.75) is 12.5 Å². The van der Waals surface area contributed by atoms with E-state index in [1.807, 2.05) is 36.4 Å². The summed E-state index contributed by atoms with van der Waals surface area (Å²) in [7, 11) is 0. The lowest BCUT2D eigenvalue weighted by Crippen LogP contribution is -2.48. The predicted octanol–water partition coefficient (Wildman–Crippen LogP) is 4.45. The van der Waals surface area contributed by atoms with Gasteiger partial charge in [0, 0.05) is 38.6 Å². The van der Waals surface area contributed by atoms with Crippen molar-refractivity contribution in [2.75, 3.05) is 32.8 Å². The highest BCUT2D eigenvalue weighted by atomic mass is 16.6. The molecule has 6 nitrogen and oxygen atoms in total. The minimum absolute atomic E-state index is 0.0661. The van der Waals surface area contributed by atoms with Crippen LogP contribution in [0.25, 0.3) is 11.1 Å². The fourth-order valence-corrected chi connectivity index (χ4v) is 4.78. The summed E-state index contributed by atoms with van der Waals surface area (Å²) < 4.78 is 5.78. The van der Waals surface area contributed by atoms with E-state index in [2.05, 4.69) is 29.2 Å². The van der Waals surface area contributed by atoms with Crippen molar-refractivity contribution in [3.8, 4) is 11.1 Å². The highest BCUT2D eigenvalue weighted by Gasteiger charge is 2.30. The van der Waals surface area contributed by atoms with Crippen LogP contribution in [-0.2, 0) is 11.3 Å². The van der Waals surface area contributed by atoms with Crippen LogP contribution in [0.2, 0.25) is 0 Å². The molecule has 0 aromatic heterocycles. The molecule has 1 aliphatic heterocycles. The van der Waals surface area contributed by atoms with Gasteiger partial charge in [0.1, 0.15) is 6.61 Å². The smallest absolute Gasteiger partial charge is 0.409 e. The summed E-state index contributed by atoms with van der Waals surface area (Å²) in [5, 5.41) is 9.03. The zero-order valence-electron chi connectivity index (χ0n) is 18.3. The van der Waals surface area contributed by atoms with Crippen LogP contribution in [0, 0.1) is 0 Å². The van der Waals surface area contributed by atoms with Crippen molar-refractivity contribution in [3.63, 3.8) is 0 Å². The van der Waals surface area contributed by atoms with Crippen LogP contribution in [0.1, 0.15) is 33.0 Å². The molecule has 2 aliphatic rings. The third-order valence-electron chi connectivity index (χ3n) is 6.57. The van der Waals surface area contributed by atoms with Gasteiger partial charge >= 0.3 is 12.1 Å². The fraction of sp³-hybridized carbons (Fsp3) is 0.259. The maximum absolute atomic E-state index is 12.8. The van der Waals surface area contributed by atoms with Gasteiger partial charge in [-0.1, -0.05) is 60.7 Å². The lowest BCUT2D eigenvalue weighted by atomic mass is 9.98. The summed E-state index contributed by atoms with van der Waals surface area (Å²) in [4.78, 5) is 27.8. The highest BCUT2D eigenvalue weighted by Crippen LogP contribution is 2.44. The van der Waals surface area contributed by atoms with E-state index in [9.17, 15) is 9.59 Å². The van der Waals surface area contributed by atoms with E-state index in [4.69, 9.17) is 9.84 Å². The Bertz CT molecular complexity index is 1120. The third kappa shape index (κ3) is 4.34. The van der Waals surface area contributed by atoms with Crippen LogP contribution in [0.5, 0.6) is 0 Å². The molecule has 0 unspecified atom stereocenters. The molecule has 5 rings (SSSR count). The van der Waals surface area contributed by atoms with Crippen LogP contribution in [0.4, 0.5) is 4.79 Å². The van der Waals surface area contributed by atoms with Gasteiger partial charge in [0.25, 0.3) is 0 Å². The Kier molecular flexibility index (Phi) is 5.84. The van der Waals surface area contributed by atoms with Crippen molar-refractivity contribution < 1.29 is 19.4 Å². The lowest BCUT2D eigenvalue weighted by molar-refractivity contribution is 0.0696. The highest BCUT2D eigenvalue weighted by molar-refractivity contribution is 5.87. The molecule has 168 valence electrons. The number of piperazine rings is 1. The van der Waals surface area contributed by atoms with Crippen LogP contribution in [0.3, 0.4) is 0 Å². The number of nitrogens with zero attached hydrogens (tertiary/aromatic N) is 2. The molecule has 0 atom stereocenters. The number of ether oxygens (including phenoxy) is 1. The van der Waals surface area contributed by atoms with Crippen LogP contribution < -0.4 is 0 Å². The standard InChI is InChI=1S/C27H26N2O4/c30-26(31)20-11-9-19(10-12-20)17-28-13-15-29(16-14-28)27(32)33-18-25-23-7-3-1-5-21(23)22-6-2-4-8-24(22)25/h1-12,25H,13-18H2,(H,30,31). The summed E-state index contributed by atoms with van der Waals surface area (Å²) in [6, 6.07) is 23.6. The number of benzene rings is 3. The zero-order chi connectivity index (χ0) is 22.8. The first kappa shape index (κ1) is 21.2. The number of aromatic carboxylic acids is 1. The minimum atomic E-state index is -0.918. The molecule has 33 heavy (non-hydrogen) atoms. The van der Waals surface area contributed by atoms with E-state index in [0.29, 0.717) is 25.3 Å². The number of hydrogen-bond acceptors (Lipinski definition) is 4. The first-order valence-electron chi connectivity index (χ1n) is 11.2. The monoisotopic (exact) mass is 442 g/mol. The van der Waals surface area contributed by atoms with Gasteiger partial charge in [0.05, 0.1) is 5.56 Å². The first-order valence-corrected chi connectivity index (χ1v) is 11.2. The second kappa shape index (κ2) is 9.08. The molecule has 0 radical (unpaired) electrons. The van der Waals surface area contributed by atoms with Crippen LogP contribution in [0.15, 0.2) is 72.8 Å². The molecule has 6 heteroatoms. The Morgan fingerprint density at radius 3 is 1.97 bits per heavy atom. The van der Waals surface area contributed by atoms with Crippen molar-refractivity contribution in [2.24, 2.45) is 0 Å². The Balaban J connectivity index is 1.15. The van der Waals surface area contributed by atoms with Gasteiger partial charge in [-0.25, -0.2) is 9.59 Å². The normalized spacial score (nSPS) is 15.7. The van der Waals surface area contributed by atoms with Gasteiger partial charge in [-0.15, -0.1) is 0 Å². The zero-order valence-corrected chi connectivity index (χ0v) is 18.3. The fourth-order valence-electron chi connectivity index (χ4n) is 4.78. The SMILES string of the molecule is O=C(O)c1ccc(CN2CCN(C(=O)OCC3c4ccccc4-c4ccccc43)CC2)cc1. The second-order valence-corrected chi connectivity index (χ2v) is 8.57. The summed E-state index contributed by atoms with van der Waals surface area (Å²) in [5.74, 6) is -0.852. The molecular formula is C27H26N2O4. The quantitative estimate of drug-likeness (QED) is 0.632. The molecule has 1 heterocycles. The average Bonchev–Trinajstić information content (AvgIpc) is 3.17. The number of amides is 1. The Labute approximate surface area is 193 Å². The maximum Gasteiger partial charge on any atom is 0.409 e. The van der Waals surface area contributed by atoms with E-state index in [-0.39, 0.29) is 12.0 Å². The Morgan fingerprint density at radius 1 is 0.818 bits per heavy atom. The largest absolute Gasteiger partial charge is 0.478 e. The van der Waals surface area contributed by atoms with Gasteiger partial charge < -0.3 is 14.7 Å². The second-order valence-electron chi connectivity index (χ2n) is 8.57. The molecule has 1 fully saturated rings. The number of carboxylic acid groups (broad SMARTS) is 1. The Hall–Kier alpha value is -3.64. The maximum atomic E-state index is 12.8. The van der Waals surface area contributed by atoms with E-state index in [1.165, 1.54) is 22.3 Å². The Morgan fingerprint density at radius 2 is 1.39 bits per heavy atom. The number of rotatable bonds is 5. The topological polar surface area (TPSA) is 70.1 Å². The number of carboxylic acids is 1.